The van der Waals surface area contributed by atoms with Crippen molar-refractivity contribution < 1.29 is 13.2 Å². The van der Waals surface area contributed by atoms with E-state index < -0.39 is 10.9 Å². The second kappa shape index (κ2) is 7.19. The molecule has 1 rings (SSSR count). The van der Waals surface area contributed by atoms with Crippen molar-refractivity contribution in [2.45, 2.75) is 30.2 Å². The fourth-order valence-electron chi connectivity index (χ4n) is 1.74. The van der Waals surface area contributed by atoms with Crippen LogP contribution in [0.5, 0.6) is 0 Å². The monoisotopic (exact) mass is 310 g/mol. The minimum Gasteiger partial charge on any atom is -0.197 e. The fourth-order valence-corrected chi connectivity index (χ4v) is 2.28. The van der Waals surface area contributed by atoms with E-state index in [1.54, 1.807) is 19.1 Å². The highest BCUT2D eigenvalue weighted by molar-refractivity contribution is 8.00. The molecule has 0 spiro atoms. The highest BCUT2D eigenvalue weighted by Crippen LogP contribution is 2.37. The molecule has 0 heterocycles. The normalized spacial score (nSPS) is 12.1. The van der Waals surface area contributed by atoms with Crippen molar-refractivity contribution >= 4 is 11.8 Å². The molecule has 6 heteroatoms. The van der Waals surface area contributed by atoms with Crippen LogP contribution in [0.25, 0.3) is 0 Å². The molecular formula is C15H13F3N2S. The summed E-state index contributed by atoms with van der Waals surface area (Å²) in [7, 11) is 0. The van der Waals surface area contributed by atoms with Gasteiger partial charge in [-0.05, 0) is 42.8 Å². The van der Waals surface area contributed by atoms with Gasteiger partial charge in [0.15, 0.2) is 5.41 Å². The highest BCUT2D eigenvalue weighted by Gasteiger charge is 2.30. The summed E-state index contributed by atoms with van der Waals surface area (Å²) in [6, 6.07) is 9.75. The number of allylic oxidation sites excluding steroid dienone is 2. The summed E-state index contributed by atoms with van der Waals surface area (Å²) in [4.78, 5) is 0.0826. The lowest BCUT2D eigenvalue weighted by Gasteiger charge is -2.16. The van der Waals surface area contributed by atoms with Crippen molar-refractivity contribution in [1.29, 1.82) is 10.5 Å². The van der Waals surface area contributed by atoms with E-state index in [0.29, 0.717) is 5.56 Å². The quantitative estimate of drug-likeness (QED) is 0.577. The molecular weight excluding hydrogens is 297 g/mol. The molecule has 0 unspecified atom stereocenters. The van der Waals surface area contributed by atoms with Crippen molar-refractivity contribution in [3.8, 4) is 12.1 Å². The zero-order valence-corrected chi connectivity index (χ0v) is 12.1. The van der Waals surface area contributed by atoms with Gasteiger partial charge in [-0.15, -0.1) is 0 Å². The van der Waals surface area contributed by atoms with Gasteiger partial charge in [0.1, 0.15) is 0 Å². The molecule has 0 bridgehead atoms. The topological polar surface area (TPSA) is 47.6 Å². The summed E-state index contributed by atoms with van der Waals surface area (Å²) in [5, 5.41) is 18.4. The molecule has 0 amide bonds. The Labute approximate surface area is 125 Å². The molecule has 110 valence electrons. The fraction of sp³-hybridized carbons (Fsp3) is 0.333. The van der Waals surface area contributed by atoms with Crippen molar-refractivity contribution in [1.82, 2.24) is 0 Å². The summed E-state index contributed by atoms with van der Waals surface area (Å²) < 4.78 is 36.7. The molecule has 0 atom stereocenters. The lowest BCUT2D eigenvalue weighted by molar-refractivity contribution is -0.0328. The largest absolute Gasteiger partial charge is 0.446 e. The summed E-state index contributed by atoms with van der Waals surface area (Å²) in [5.41, 5.74) is -4.85. The third-order valence-electron chi connectivity index (χ3n) is 2.79. The summed E-state index contributed by atoms with van der Waals surface area (Å²) in [6.07, 6.45) is 3.96. The number of hydrogen-bond acceptors (Lipinski definition) is 3. The zero-order valence-electron chi connectivity index (χ0n) is 11.3. The standard InChI is InChI=1S/C15H13F3N2S/c1-2-3-8-14(10-19,11-20)9-12-4-6-13(7-5-12)21-15(16,17)18/h2-7H,8-9H2,1H3/b3-2+. The SMILES string of the molecule is C/C=C/CC(C#N)(C#N)Cc1ccc(SC(F)(F)F)cc1. The van der Waals surface area contributed by atoms with Gasteiger partial charge in [-0.3, -0.25) is 0 Å². The minimum atomic E-state index is -4.32. The lowest BCUT2D eigenvalue weighted by Crippen LogP contribution is -2.18. The number of benzene rings is 1. The molecule has 0 saturated heterocycles. The predicted octanol–water partition coefficient (Wildman–Crippen LogP) is 4.84. The van der Waals surface area contributed by atoms with Crippen LogP contribution in [0.2, 0.25) is 0 Å². The van der Waals surface area contributed by atoms with Gasteiger partial charge < -0.3 is 0 Å². The summed E-state index contributed by atoms with van der Waals surface area (Å²) in [6.45, 7) is 1.79. The molecule has 1 aromatic carbocycles. The van der Waals surface area contributed by atoms with Crippen LogP contribution < -0.4 is 0 Å². The Morgan fingerprint density at radius 3 is 2.14 bits per heavy atom. The Bertz CT molecular complexity index is 563. The first kappa shape index (κ1) is 17.1. The lowest BCUT2D eigenvalue weighted by atomic mass is 9.81. The number of nitriles is 2. The Balaban J connectivity index is 2.87. The first-order valence-corrected chi connectivity index (χ1v) is 6.94. The highest BCUT2D eigenvalue weighted by atomic mass is 32.2. The average Bonchev–Trinajstić information content (AvgIpc) is 2.44. The molecule has 0 N–H and O–H groups in total. The van der Waals surface area contributed by atoms with E-state index in [1.807, 2.05) is 12.1 Å². The Morgan fingerprint density at radius 2 is 1.71 bits per heavy atom. The number of rotatable bonds is 5. The molecule has 0 fully saturated rings. The maximum Gasteiger partial charge on any atom is 0.446 e. The van der Waals surface area contributed by atoms with Crippen LogP contribution in [-0.2, 0) is 6.42 Å². The molecule has 21 heavy (non-hydrogen) atoms. The maximum absolute atomic E-state index is 12.2. The minimum absolute atomic E-state index is 0.0826. The summed E-state index contributed by atoms with van der Waals surface area (Å²) in [5.74, 6) is 0. The molecule has 0 saturated carbocycles. The van der Waals surface area contributed by atoms with Crippen molar-refractivity contribution in [2.75, 3.05) is 0 Å². The summed E-state index contributed by atoms with van der Waals surface area (Å²) >= 11 is -0.188. The van der Waals surface area contributed by atoms with Crippen LogP contribution in [0, 0.1) is 28.1 Å². The number of nitrogens with zero attached hydrogens (tertiary/aromatic N) is 2. The predicted molar refractivity (Wildman–Crippen MR) is 75.1 cm³/mol. The molecule has 0 aromatic heterocycles. The van der Waals surface area contributed by atoms with Crippen molar-refractivity contribution in [3.63, 3.8) is 0 Å². The van der Waals surface area contributed by atoms with Gasteiger partial charge in [0.2, 0.25) is 0 Å². The van der Waals surface area contributed by atoms with Crippen LogP contribution in [0.1, 0.15) is 18.9 Å². The third kappa shape index (κ3) is 5.53. The Hall–Kier alpha value is -1.92. The van der Waals surface area contributed by atoms with E-state index in [9.17, 15) is 23.7 Å². The van der Waals surface area contributed by atoms with Crippen LogP contribution in [0.15, 0.2) is 41.3 Å². The van der Waals surface area contributed by atoms with E-state index >= 15 is 0 Å². The maximum atomic E-state index is 12.2. The van der Waals surface area contributed by atoms with Gasteiger partial charge in [-0.1, -0.05) is 24.3 Å². The van der Waals surface area contributed by atoms with Crippen LogP contribution >= 0.6 is 11.8 Å². The Kier molecular flexibility index (Phi) is 5.87. The second-order valence-corrected chi connectivity index (χ2v) is 5.59. The molecule has 0 aliphatic carbocycles. The van der Waals surface area contributed by atoms with Gasteiger partial charge in [0.05, 0.1) is 12.1 Å². The van der Waals surface area contributed by atoms with Crippen LogP contribution in [0.4, 0.5) is 13.2 Å². The number of halogens is 3. The van der Waals surface area contributed by atoms with E-state index in [2.05, 4.69) is 0 Å². The Morgan fingerprint density at radius 1 is 1.14 bits per heavy atom. The molecule has 2 nitrogen and oxygen atoms in total. The number of alkyl halides is 3. The van der Waals surface area contributed by atoms with Crippen LogP contribution in [-0.4, -0.2) is 5.51 Å². The molecule has 0 aliphatic rings. The first-order chi connectivity index (χ1) is 9.84. The molecule has 1 aromatic rings. The van der Waals surface area contributed by atoms with E-state index in [0.717, 1.165) is 0 Å². The molecule has 0 radical (unpaired) electrons. The van der Waals surface area contributed by atoms with Crippen molar-refractivity contribution in [2.24, 2.45) is 5.41 Å². The van der Waals surface area contributed by atoms with Crippen molar-refractivity contribution in [3.05, 3.63) is 42.0 Å². The number of thioether (sulfide) groups is 1. The zero-order chi connectivity index (χ0) is 15.9. The van der Waals surface area contributed by atoms with Gasteiger partial charge in [0.25, 0.3) is 0 Å². The van der Waals surface area contributed by atoms with Crippen LogP contribution in [0.3, 0.4) is 0 Å². The second-order valence-electron chi connectivity index (χ2n) is 4.45. The van der Waals surface area contributed by atoms with E-state index in [4.69, 9.17) is 0 Å². The third-order valence-corrected chi connectivity index (χ3v) is 3.53. The van der Waals surface area contributed by atoms with E-state index in [1.165, 1.54) is 24.3 Å². The van der Waals surface area contributed by atoms with Gasteiger partial charge in [-0.2, -0.15) is 23.7 Å². The average molecular weight is 310 g/mol. The van der Waals surface area contributed by atoms with Gasteiger partial charge in [-0.25, -0.2) is 0 Å². The van der Waals surface area contributed by atoms with E-state index in [-0.39, 0.29) is 29.5 Å². The van der Waals surface area contributed by atoms with Gasteiger partial charge in [0, 0.05) is 11.3 Å². The molecule has 0 aliphatic heterocycles. The number of hydrogen-bond donors (Lipinski definition) is 0. The van der Waals surface area contributed by atoms with Gasteiger partial charge >= 0.3 is 5.51 Å². The first-order valence-electron chi connectivity index (χ1n) is 6.12. The smallest absolute Gasteiger partial charge is 0.197 e.